The summed E-state index contributed by atoms with van der Waals surface area (Å²) in [5.74, 6) is -0.179. The third-order valence-electron chi connectivity index (χ3n) is 4.72. The fraction of sp³-hybridized carbons (Fsp3) is 0.278. The number of amides is 1. The molecule has 1 atom stereocenters. The van der Waals surface area contributed by atoms with E-state index in [-0.39, 0.29) is 29.9 Å². The Hall–Kier alpha value is -2.49. The number of nitrogens with zero attached hydrogens (tertiary/aromatic N) is 4. The van der Waals surface area contributed by atoms with Crippen LogP contribution >= 0.6 is 11.6 Å². The standard InChI is InChI=1S/C18H18ClN5O3S/c19-15-9-21-8-13-2-1-3-16(18(13)15)28(26,27)24-6-4-14(10-24)22-17(25)11-23-7-5-20-12-23/h1-3,5,7-9,12,14H,4,6,10-11H2,(H,22,25)/t14-/m0/s1. The van der Waals surface area contributed by atoms with Crippen molar-refractivity contribution < 1.29 is 13.2 Å². The molecule has 1 amide bonds. The molecule has 0 bridgehead atoms. The number of benzene rings is 1. The normalized spacial score (nSPS) is 17.8. The largest absolute Gasteiger partial charge is 0.350 e. The minimum Gasteiger partial charge on any atom is -0.350 e. The number of imidazole rings is 1. The number of aromatic nitrogens is 3. The summed E-state index contributed by atoms with van der Waals surface area (Å²) < 4.78 is 29.5. The van der Waals surface area contributed by atoms with Gasteiger partial charge in [-0.1, -0.05) is 23.7 Å². The van der Waals surface area contributed by atoms with Crippen LogP contribution in [0.2, 0.25) is 5.02 Å². The van der Waals surface area contributed by atoms with Crippen molar-refractivity contribution >= 4 is 38.3 Å². The Balaban J connectivity index is 1.51. The zero-order valence-electron chi connectivity index (χ0n) is 14.8. The molecule has 0 spiro atoms. The van der Waals surface area contributed by atoms with E-state index in [2.05, 4.69) is 15.3 Å². The summed E-state index contributed by atoms with van der Waals surface area (Å²) in [5, 5.41) is 4.31. The Labute approximate surface area is 167 Å². The van der Waals surface area contributed by atoms with Crippen LogP contribution in [-0.4, -0.2) is 52.3 Å². The summed E-state index contributed by atoms with van der Waals surface area (Å²) in [4.78, 5) is 20.2. The Morgan fingerprint density at radius 1 is 1.29 bits per heavy atom. The van der Waals surface area contributed by atoms with E-state index in [0.717, 1.165) is 0 Å². The number of carbonyl (C=O) groups is 1. The second-order valence-electron chi connectivity index (χ2n) is 6.63. The van der Waals surface area contributed by atoms with E-state index in [1.54, 1.807) is 47.7 Å². The molecule has 0 unspecified atom stereocenters. The molecule has 1 aromatic carbocycles. The molecule has 3 heterocycles. The van der Waals surface area contributed by atoms with Gasteiger partial charge in [0.25, 0.3) is 0 Å². The molecule has 1 saturated heterocycles. The number of nitrogens with one attached hydrogen (secondary N) is 1. The molecule has 0 radical (unpaired) electrons. The lowest BCUT2D eigenvalue weighted by atomic mass is 10.2. The lowest BCUT2D eigenvalue weighted by molar-refractivity contribution is -0.122. The fourth-order valence-electron chi connectivity index (χ4n) is 3.40. The highest BCUT2D eigenvalue weighted by molar-refractivity contribution is 7.89. The van der Waals surface area contributed by atoms with Crippen molar-refractivity contribution in [3.05, 3.63) is 54.3 Å². The summed E-state index contributed by atoms with van der Waals surface area (Å²) in [5.41, 5.74) is 0. The zero-order chi connectivity index (χ0) is 19.7. The van der Waals surface area contributed by atoms with Gasteiger partial charge in [0.2, 0.25) is 15.9 Å². The summed E-state index contributed by atoms with van der Waals surface area (Å²) in [7, 11) is -3.75. The fourth-order valence-corrected chi connectivity index (χ4v) is 5.46. The molecular formula is C18H18ClN5O3S. The number of fused-ring (bicyclic) bond motifs is 1. The van der Waals surface area contributed by atoms with E-state index in [1.807, 2.05) is 0 Å². The van der Waals surface area contributed by atoms with E-state index >= 15 is 0 Å². The van der Waals surface area contributed by atoms with Crippen LogP contribution in [0, 0.1) is 0 Å². The Kier molecular flexibility index (Phi) is 5.05. The summed E-state index contributed by atoms with van der Waals surface area (Å²) in [6, 6.07) is 4.76. The molecule has 1 fully saturated rings. The molecule has 0 saturated carbocycles. The van der Waals surface area contributed by atoms with Crippen LogP contribution in [0.15, 0.2) is 54.2 Å². The highest BCUT2D eigenvalue weighted by Gasteiger charge is 2.34. The second-order valence-corrected chi connectivity index (χ2v) is 8.94. The first kappa shape index (κ1) is 18.9. The van der Waals surface area contributed by atoms with Crippen molar-refractivity contribution in [3.63, 3.8) is 0 Å². The van der Waals surface area contributed by atoms with Crippen LogP contribution in [0.1, 0.15) is 6.42 Å². The maximum Gasteiger partial charge on any atom is 0.243 e. The van der Waals surface area contributed by atoms with Crippen LogP contribution in [-0.2, 0) is 21.4 Å². The second kappa shape index (κ2) is 7.50. The molecule has 10 heteroatoms. The van der Waals surface area contributed by atoms with Crippen LogP contribution in [0.3, 0.4) is 0 Å². The first-order chi connectivity index (χ1) is 13.4. The smallest absolute Gasteiger partial charge is 0.243 e. The predicted molar refractivity (Wildman–Crippen MR) is 104 cm³/mol. The highest BCUT2D eigenvalue weighted by atomic mass is 35.5. The quantitative estimate of drug-likeness (QED) is 0.678. The van der Waals surface area contributed by atoms with Gasteiger partial charge in [-0.15, -0.1) is 0 Å². The van der Waals surface area contributed by atoms with Crippen molar-refractivity contribution in [3.8, 4) is 0 Å². The molecule has 3 aromatic rings. The zero-order valence-corrected chi connectivity index (χ0v) is 16.4. The van der Waals surface area contributed by atoms with Crippen LogP contribution in [0.5, 0.6) is 0 Å². The van der Waals surface area contributed by atoms with Gasteiger partial charge in [0.15, 0.2) is 0 Å². The first-order valence-corrected chi connectivity index (χ1v) is 10.5. The van der Waals surface area contributed by atoms with Crippen LogP contribution < -0.4 is 5.32 Å². The molecular weight excluding hydrogens is 402 g/mol. The Morgan fingerprint density at radius 2 is 2.14 bits per heavy atom. The van der Waals surface area contributed by atoms with Gasteiger partial charge < -0.3 is 9.88 Å². The molecule has 0 aliphatic carbocycles. The van der Waals surface area contributed by atoms with Gasteiger partial charge in [-0.05, 0) is 12.5 Å². The van der Waals surface area contributed by atoms with Crippen molar-refractivity contribution in [1.82, 2.24) is 24.2 Å². The maximum absolute atomic E-state index is 13.2. The summed E-state index contributed by atoms with van der Waals surface area (Å²) in [6.45, 7) is 0.698. The number of halogens is 1. The van der Waals surface area contributed by atoms with E-state index in [4.69, 9.17) is 11.6 Å². The number of pyridine rings is 1. The van der Waals surface area contributed by atoms with Crippen molar-refractivity contribution in [1.29, 1.82) is 0 Å². The SMILES string of the molecule is O=C(Cn1ccnc1)N[C@H]1CCN(S(=O)(=O)c2cccc3cncc(Cl)c23)C1. The van der Waals surface area contributed by atoms with E-state index in [0.29, 0.717) is 28.8 Å². The van der Waals surface area contributed by atoms with Gasteiger partial charge in [-0.2, -0.15) is 4.31 Å². The van der Waals surface area contributed by atoms with Gasteiger partial charge in [0.05, 0.1) is 16.2 Å². The number of sulfonamides is 1. The van der Waals surface area contributed by atoms with E-state index < -0.39 is 10.0 Å². The van der Waals surface area contributed by atoms with Gasteiger partial charge in [-0.25, -0.2) is 13.4 Å². The van der Waals surface area contributed by atoms with Crippen molar-refractivity contribution in [2.45, 2.75) is 23.9 Å². The molecule has 28 heavy (non-hydrogen) atoms. The molecule has 4 rings (SSSR count). The number of hydrogen-bond acceptors (Lipinski definition) is 5. The van der Waals surface area contributed by atoms with Crippen LogP contribution in [0.25, 0.3) is 10.8 Å². The lowest BCUT2D eigenvalue weighted by Gasteiger charge is -2.19. The average molecular weight is 420 g/mol. The van der Waals surface area contributed by atoms with Crippen LogP contribution in [0.4, 0.5) is 0 Å². The van der Waals surface area contributed by atoms with E-state index in [9.17, 15) is 13.2 Å². The topological polar surface area (TPSA) is 97.2 Å². The third-order valence-corrected chi connectivity index (χ3v) is 6.91. The van der Waals surface area contributed by atoms with Gasteiger partial charge in [-0.3, -0.25) is 9.78 Å². The number of hydrogen-bond donors (Lipinski definition) is 1. The first-order valence-electron chi connectivity index (χ1n) is 8.72. The lowest BCUT2D eigenvalue weighted by Crippen LogP contribution is -2.39. The van der Waals surface area contributed by atoms with Gasteiger partial charge in [0, 0.05) is 54.7 Å². The van der Waals surface area contributed by atoms with E-state index in [1.165, 1.54) is 10.5 Å². The average Bonchev–Trinajstić information content (AvgIpc) is 3.34. The molecule has 8 nitrogen and oxygen atoms in total. The van der Waals surface area contributed by atoms with Gasteiger partial charge in [0.1, 0.15) is 6.54 Å². The van der Waals surface area contributed by atoms with Crippen molar-refractivity contribution in [2.24, 2.45) is 0 Å². The molecule has 1 aliphatic heterocycles. The van der Waals surface area contributed by atoms with Gasteiger partial charge >= 0.3 is 0 Å². The Bertz CT molecular complexity index is 1110. The minimum atomic E-state index is -3.75. The summed E-state index contributed by atoms with van der Waals surface area (Å²) in [6.07, 6.45) is 8.43. The van der Waals surface area contributed by atoms with Crippen molar-refractivity contribution in [2.75, 3.05) is 13.1 Å². The summed E-state index contributed by atoms with van der Waals surface area (Å²) >= 11 is 6.23. The maximum atomic E-state index is 13.2. The third kappa shape index (κ3) is 3.60. The Morgan fingerprint density at radius 3 is 2.93 bits per heavy atom. The predicted octanol–water partition coefficient (Wildman–Crippen LogP) is 1.66. The molecule has 1 N–H and O–H groups in total. The number of rotatable bonds is 5. The minimum absolute atomic E-state index is 0.148. The highest BCUT2D eigenvalue weighted by Crippen LogP contribution is 2.32. The molecule has 1 aliphatic rings. The molecule has 146 valence electrons. The monoisotopic (exact) mass is 419 g/mol. The number of carbonyl (C=O) groups excluding carboxylic acids is 1. The molecule has 2 aromatic heterocycles.